The van der Waals surface area contributed by atoms with Gasteiger partial charge in [-0.3, -0.25) is 0 Å². The van der Waals surface area contributed by atoms with Gasteiger partial charge in [-0.05, 0) is 21.3 Å². The van der Waals surface area contributed by atoms with Gasteiger partial charge in [0.2, 0.25) is 0 Å². The summed E-state index contributed by atoms with van der Waals surface area (Å²) in [4.78, 5) is 10.2. The number of rotatable bonds is 2. The highest BCUT2D eigenvalue weighted by Gasteiger charge is 2.02. The minimum Gasteiger partial charge on any atom is -0.449 e. The average Bonchev–Trinajstić information content (AvgIpc) is 2.31. The van der Waals surface area contributed by atoms with Crippen molar-refractivity contribution >= 4 is 44.3 Å². The molecular weight excluding hydrogens is 251 g/mol. The third-order valence-electron chi connectivity index (χ3n) is 1.03. The highest BCUT2D eigenvalue weighted by atomic mass is 79.9. The molecule has 60 valence electrons. The van der Waals surface area contributed by atoms with Gasteiger partial charge < -0.3 is 4.74 Å². The molecule has 1 rings (SSSR count). The zero-order chi connectivity index (χ0) is 8.27. The second-order valence-electron chi connectivity index (χ2n) is 1.77. The monoisotopic (exact) mass is 254 g/mol. The van der Waals surface area contributed by atoms with Crippen LogP contribution in [0.1, 0.15) is 5.56 Å². The second-order valence-corrected chi connectivity index (χ2v) is 3.68. The van der Waals surface area contributed by atoms with E-state index in [0.717, 1.165) is 10.0 Å². The highest BCUT2D eigenvalue weighted by Crippen LogP contribution is 2.21. The Bertz CT molecular complexity index is 261. The summed E-state index contributed by atoms with van der Waals surface area (Å²) in [7, 11) is 0. The Hall–Kier alpha value is -0.0600. The first-order valence-corrected chi connectivity index (χ1v) is 4.84. The molecule has 0 bridgehead atoms. The number of halogens is 2. The maximum Gasteiger partial charge on any atom is 0.404 e. The van der Waals surface area contributed by atoms with E-state index in [2.05, 4.69) is 20.7 Å². The molecule has 5 heteroatoms. The van der Waals surface area contributed by atoms with E-state index < -0.39 is 5.43 Å². The van der Waals surface area contributed by atoms with Gasteiger partial charge in [0.05, 0.1) is 0 Å². The number of carbonyl (C=O) groups excluding carboxylic acids is 1. The van der Waals surface area contributed by atoms with E-state index in [1.807, 2.05) is 10.8 Å². The van der Waals surface area contributed by atoms with E-state index in [1.165, 1.54) is 11.3 Å². The van der Waals surface area contributed by atoms with Crippen LogP contribution in [0.3, 0.4) is 0 Å². The zero-order valence-electron chi connectivity index (χ0n) is 5.34. The van der Waals surface area contributed by atoms with E-state index in [-0.39, 0.29) is 6.61 Å². The molecule has 0 N–H and O–H groups in total. The first-order valence-electron chi connectivity index (χ1n) is 2.73. The Balaban J connectivity index is 2.51. The van der Waals surface area contributed by atoms with Crippen LogP contribution in [-0.2, 0) is 11.3 Å². The number of hydrogen-bond donors (Lipinski definition) is 0. The first-order chi connectivity index (χ1) is 5.20. The Labute approximate surface area is 81.2 Å². The lowest BCUT2D eigenvalue weighted by Crippen LogP contribution is -1.93. The lowest BCUT2D eigenvalue weighted by molar-refractivity contribution is 0.167. The van der Waals surface area contributed by atoms with E-state index in [9.17, 15) is 4.79 Å². The summed E-state index contributed by atoms with van der Waals surface area (Å²) >= 11 is 9.80. The zero-order valence-corrected chi connectivity index (χ0v) is 8.50. The maximum absolute atomic E-state index is 10.2. The summed E-state index contributed by atoms with van der Waals surface area (Å²) in [6.07, 6.45) is 0. The number of ether oxygens (including phenoxy) is 1. The summed E-state index contributed by atoms with van der Waals surface area (Å²) in [6, 6.07) is 0. The molecule has 2 nitrogen and oxygen atoms in total. The van der Waals surface area contributed by atoms with Gasteiger partial charge in [0.1, 0.15) is 6.61 Å². The maximum atomic E-state index is 10.2. The van der Waals surface area contributed by atoms with Crippen molar-refractivity contribution in [2.45, 2.75) is 6.61 Å². The van der Waals surface area contributed by atoms with Crippen LogP contribution in [0.5, 0.6) is 0 Å². The van der Waals surface area contributed by atoms with Crippen LogP contribution in [0.25, 0.3) is 0 Å². The topological polar surface area (TPSA) is 26.3 Å². The van der Waals surface area contributed by atoms with Crippen LogP contribution in [0, 0.1) is 0 Å². The molecule has 0 atom stereocenters. The Morgan fingerprint density at radius 1 is 1.73 bits per heavy atom. The Morgan fingerprint density at radius 2 is 2.45 bits per heavy atom. The van der Waals surface area contributed by atoms with Crippen LogP contribution in [-0.4, -0.2) is 5.43 Å². The fourth-order valence-electron chi connectivity index (χ4n) is 0.545. The molecule has 0 spiro atoms. The van der Waals surface area contributed by atoms with Crippen molar-refractivity contribution in [3.05, 3.63) is 20.8 Å². The van der Waals surface area contributed by atoms with Gasteiger partial charge in [-0.2, -0.15) is 11.3 Å². The van der Waals surface area contributed by atoms with Crippen LogP contribution in [0.2, 0.25) is 0 Å². The molecule has 1 aromatic heterocycles. The smallest absolute Gasteiger partial charge is 0.404 e. The van der Waals surface area contributed by atoms with Crippen molar-refractivity contribution in [1.82, 2.24) is 0 Å². The van der Waals surface area contributed by atoms with Crippen molar-refractivity contribution in [2.75, 3.05) is 0 Å². The lowest BCUT2D eigenvalue weighted by atomic mass is 10.4. The molecule has 11 heavy (non-hydrogen) atoms. The quantitative estimate of drug-likeness (QED) is 0.757. The van der Waals surface area contributed by atoms with Crippen LogP contribution in [0.4, 0.5) is 4.79 Å². The highest BCUT2D eigenvalue weighted by molar-refractivity contribution is 9.10. The van der Waals surface area contributed by atoms with E-state index in [0.29, 0.717) is 0 Å². The first kappa shape index (κ1) is 9.03. The van der Waals surface area contributed by atoms with Crippen molar-refractivity contribution in [1.29, 1.82) is 0 Å². The summed E-state index contributed by atoms with van der Waals surface area (Å²) in [5.41, 5.74) is 0.159. The molecule has 0 aromatic carbocycles. The molecule has 0 amide bonds. The second kappa shape index (κ2) is 4.09. The van der Waals surface area contributed by atoms with Crippen molar-refractivity contribution in [2.24, 2.45) is 0 Å². The number of carbonyl (C=O) groups is 1. The minimum atomic E-state index is -0.775. The average molecular weight is 256 g/mol. The third kappa shape index (κ3) is 2.81. The van der Waals surface area contributed by atoms with Crippen LogP contribution in [0.15, 0.2) is 15.2 Å². The van der Waals surface area contributed by atoms with E-state index in [1.54, 1.807) is 0 Å². The molecule has 1 aromatic rings. The van der Waals surface area contributed by atoms with Gasteiger partial charge in [-0.1, -0.05) is 0 Å². The molecule has 0 saturated heterocycles. The van der Waals surface area contributed by atoms with E-state index >= 15 is 0 Å². The lowest BCUT2D eigenvalue weighted by Gasteiger charge is -1.97. The predicted molar refractivity (Wildman–Crippen MR) is 48.1 cm³/mol. The predicted octanol–water partition coefficient (Wildman–Crippen LogP) is 3.39. The van der Waals surface area contributed by atoms with Gasteiger partial charge in [0.25, 0.3) is 0 Å². The number of hydrogen-bond acceptors (Lipinski definition) is 3. The van der Waals surface area contributed by atoms with Crippen molar-refractivity contribution < 1.29 is 9.53 Å². The Kier molecular flexibility index (Phi) is 3.36. The normalized spacial score (nSPS) is 9.64. The summed E-state index contributed by atoms with van der Waals surface area (Å²) < 4.78 is 5.52. The van der Waals surface area contributed by atoms with Gasteiger partial charge >= 0.3 is 5.43 Å². The molecule has 0 fully saturated rings. The van der Waals surface area contributed by atoms with E-state index in [4.69, 9.17) is 11.6 Å². The largest absolute Gasteiger partial charge is 0.449 e. The van der Waals surface area contributed by atoms with Gasteiger partial charge in [0, 0.05) is 27.0 Å². The molecule has 0 aliphatic carbocycles. The standard InChI is InChI=1S/C6H4BrClO2S/c7-5-3-11-2-4(5)1-10-6(8)9/h2-3H,1H2. The molecule has 0 saturated carbocycles. The Morgan fingerprint density at radius 3 is 2.91 bits per heavy atom. The molecule has 1 heterocycles. The molecular formula is C6H4BrClO2S. The molecule has 0 aliphatic rings. The van der Waals surface area contributed by atoms with Gasteiger partial charge in [-0.15, -0.1) is 0 Å². The fourth-order valence-corrected chi connectivity index (χ4v) is 2.00. The molecule has 0 unspecified atom stereocenters. The van der Waals surface area contributed by atoms with Crippen molar-refractivity contribution in [3.63, 3.8) is 0 Å². The van der Waals surface area contributed by atoms with Crippen molar-refractivity contribution in [3.8, 4) is 0 Å². The van der Waals surface area contributed by atoms with Gasteiger partial charge in [-0.25, -0.2) is 4.79 Å². The van der Waals surface area contributed by atoms with Gasteiger partial charge in [0.15, 0.2) is 0 Å². The SMILES string of the molecule is O=C(Cl)OCc1cscc1Br. The molecule has 0 radical (unpaired) electrons. The fraction of sp³-hybridized carbons (Fsp3) is 0.167. The number of thiophene rings is 1. The summed E-state index contributed by atoms with van der Waals surface area (Å²) in [6.45, 7) is 0.229. The minimum absolute atomic E-state index is 0.229. The summed E-state index contributed by atoms with van der Waals surface area (Å²) in [5.74, 6) is 0. The van der Waals surface area contributed by atoms with Crippen LogP contribution >= 0.6 is 38.9 Å². The van der Waals surface area contributed by atoms with Crippen LogP contribution < -0.4 is 0 Å². The molecule has 0 aliphatic heterocycles. The third-order valence-corrected chi connectivity index (χ3v) is 2.97. The summed E-state index contributed by atoms with van der Waals surface area (Å²) in [5, 5.41) is 3.81.